The summed E-state index contributed by atoms with van der Waals surface area (Å²) in [5.74, 6) is 2.49. The van der Waals surface area contributed by atoms with Crippen LogP contribution in [0.5, 0.6) is 0 Å². The highest BCUT2D eigenvalue weighted by Crippen LogP contribution is 2.34. The minimum Gasteiger partial charge on any atom is -0.386 e. The zero-order chi connectivity index (χ0) is 20.9. The van der Waals surface area contributed by atoms with E-state index in [1.54, 1.807) is 12.4 Å². The Labute approximate surface area is 179 Å². The maximum atomic E-state index is 11.1. The minimum atomic E-state index is -0.829. The van der Waals surface area contributed by atoms with Crippen molar-refractivity contribution < 1.29 is 5.11 Å². The molecule has 4 aromatic rings. The molecule has 3 aromatic heterocycles. The molecule has 1 aliphatic heterocycles. The van der Waals surface area contributed by atoms with Crippen LogP contribution in [0.25, 0.3) is 22.4 Å². The van der Waals surface area contributed by atoms with Gasteiger partial charge < -0.3 is 19.1 Å². The van der Waals surface area contributed by atoms with Crippen molar-refractivity contribution in [3.8, 4) is 11.4 Å². The molecule has 0 bridgehead atoms. The first kappa shape index (κ1) is 19.1. The molecule has 1 aromatic carbocycles. The molecule has 4 heterocycles. The number of β-amino-alcohol motifs (C(OH)–C–C–N with tert-alkyl or cyclic N) is 1. The molecule has 0 spiro atoms. The number of aliphatic hydroxyl groups is 1. The van der Waals surface area contributed by atoms with Crippen molar-refractivity contribution in [2.24, 2.45) is 7.05 Å². The van der Waals surface area contributed by atoms with E-state index in [1.807, 2.05) is 59.6 Å². The predicted molar refractivity (Wildman–Crippen MR) is 118 cm³/mol. The van der Waals surface area contributed by atoms with Crippen LogP contribution in [0.3, 0.4) is 0 Å². The molecule has 1 fully saturated rings. The number of halogens is 1. The van der Waals surface area contributed by atoms with Crippen molar-refractivity contribution in [1.82, 2.24) is 24.1 Å². The maximum Gasteiger partial charge on any atom is 0.142 e. The molecule has 0 aliphatic carbocycles. The average molecular weight is 423 g/mol. The standard InChI is InChI=1S/C22H23ClN6O/c1-15-24-8-10-28(15)13-22(30)7-9-29(14-22)20-11-16(17(23)12-25-20)21-26-18-5-3-4-6-19(18)27(21)2/h3-6,8,10-12,30H,7,9,13-14H2,1-2H3. The highest BCUT2D eigenvalue weighted by atomic mass is 35.5. The molecule has 1 atom stereocenters. The lowest BCUT2D eigenvalue weighted by Gasteiger charge is -2.25. The molecular formula is C22H23ClN6O. The minimum absolute atomic E-state index is 0.501. The molecule has 1 aliphatic rings. The van der Waals surface area contributed by atoms with Gasteiger partial charge in [0.2, 0.25) is 0 Å². The van der Waals surface area contributed by atoms with Crippen LogP contribution in [0.4, 0.5) is 5.82 Å². The van der Waals surface area contributed by atoms with Gasteiger partial charge in [0, 0.05) is 44.3 Å². The first-order chi connectivity index (χ1) is 14.4. The smallest absolute Gasteiger partial charge is 0.142 e. The summed E-state index contributed by atoms with van der Waals surface area (Å²) in [5, 5.41) is 11.7. The van der Waals surface area contributed by atoms with Crippen LogP contribution in [-0.2, 0) is 13.6 Å². The number of rotatable bonds is 4. The van der Waals surface area contributed by atoms with Crippen LogP contribution in [0.1, 0.15) is 12.2 Å². The van der Waals surface area contributed by atoms with Crippen LogP contribution in [0.2, 0.25) is 5.02 Å². The fraction of sp³-hybridized carbons (Fsp3) is 0.318. The lowest BCUT2D eigenvalue weighted by molar-refractivity contribution is 0.0443. The van der Waals surface area contributed by atoms with Crippen molar-refractivity contribution in [3.63, 3.8) is 0 Å². The van der Waals surface area contributed by atoms with Crippen LogP contribution < -0.4 is 4.90 Å². The predicted octanol–water partition coefficient (Wildman–Crippen LogP) is 3.44. The number of benzene rings is 1. The monoisotopic (exact) mass is 422 g/mol. The summed E-state index contributed by atoms with van der Waals surface area (Å²) in [6.07, 6.45) is 6.00. The number of fused-ring (bicyclic) bond motifs is 1. The van der Waals surface area contributed by atoms with Crippen LogP contribution in [0.15, 0.2) is 48.9 Å². The molecule has 30 heavy (non-hydrogen) atoms. The van der Waals surface area contributed by atoms with E-state index < -0.39 is 5.60 Å². The molecule has 0 saturated carbocycles. The first-order valence-corrected chi connectivity index (χ1v) is 10.3. The molecular weight excluding hydrogens is 400 g/mol. The Hall–Kier alpha value is -2.90. The Balaban J connectivity index is 1.45. The summed E-state index contributed by atoms with van der Waals surface area (Å²) in [4.78, 5) is 15.7. The van der Waals surface area contributed by atoms with Gasteiger partial charge in [0.15, 0.2) is 0 Å². The van der Waals surface area contributed by atoms with Crippen LogP contribution in [0, 0.1) is 6.92 Å². The van der Waals surface area contributed by atoms with E-state index in [-0.39, 0.29) is 0 Å². The SMILES string of the molecule is Cc1nccn1CC1(O)CCN(c2cc(-c3nc4ccccc4n3C)c(Cl)cn2)C1. The molecule has 8 heteroatoms. The van der Waals surface area contributed by atoms with Crippen LogP contribution in [-0.4, -0.2) is 47.9 Å². The lowest BCUT2D eigenvalue weighted by atomic mass is 10.0. The third kappa shape index (κ3) is 3.24. The number of pyridine rings is 1. The van der Waals surface area contributed by atoms with Gasteiger partial charge in [0.05, 0.1) is 22.6 Å². The molecule has 154 valence electrons. The van der Waals surface area contributed by atoms with Gasteiger partial charge in [-0.1, -0.05) is 23.7 Å². The summed E-state index contributed by atoms with van der Waals surface area (Å²) in [5.41, 5.74) is 1.98. The number of anilines is 1. The van der Waals surface area contributed by atoms with E-state index in [2.05, 4.69) is 14.9 Å². The van der Waals surface area contributed by atoms with Gasteiger partial charge in [-0.3, -0.25) is 0 Å². The average Bonchev–Trinajstić information content (AvgIpc) is 3.41. The van der Waals surface area contributed by atoms with Crippen LogP contribution >= 0.6 is 11.6 Å². The number of para-hydroxylation sites is 2. The third-order valence-electron chi connectivity index (χ3n) is 5.91. The van der Waals surface area contributed by atoms with Gasteiger partial charge in [-0.05, 0) is 31.5 Å². The Kier molecular flexibility index (Phi) is 4.52. The van der Waals surface area contributed by atoms with E-state index in [1.165, 1.54) is 0 Å². The zero-order valence-corrected chi connectivity index (χ0v) is 17.7. The Bertz CT molecular complexity index is 1230. The number of nitrogens with zero attached hydrogens (tertiary/aromatic N) is 6. The second-order valence-electron chi connectivity index (χ2n) is 8.00. The van der Waals surface area contributed by atoms with E-state index in [0.717, 1.165) is 40.6 Å². The molecule has 7 nitrogen and oxygen atoms in total. The second kappa shape index (κ2) is 7.11. The first-order valence-electron chi connectivity index (χ1n) is 9.96. The van der Waals surface area contributed by atoms with Gasteiger partial charge in [-0.2, -0.15) is 0 Å². The van der Waals surface area contributed by atoms with E-state index in [4.69, 9.17) is 16.6 Å². The summed E-state index contributed by atoms with van der Waals surface area (Å²) in [6.45, 7) is 3.68. The highest BCUT2D eigenvalue weighted by molar-refractivity contribution is 6.33. The quantitative estimate of drug-likeness (QED) is 0.545. The number of imidazole rings is 2. The Morgan fingerprint density at radius 1 is 1.23 bits per heavy atom. The highest BCUT2D eigenvalue weighted by Gasteiger charge is 2.37. The molecule has 5 rings (SSSR count). The topological polar surface area (TPSA) is 72.0 Å². The van der Waals surface area contributed by atoms with E-state index in [0.29, 0.717) is 24.5 Å². The Morgan fingerprint density at radius 3 is 2.83 bits per heavy atom. The molecule has 0 amide bonds. The van der Waals surface area contributed by atoms with Gasteiger partial charge >= 0.3 is 0 Å². The fourth-order valence-corrected chi connectivity index (χ4v) is 4.42. The zero-order valence-electron chi connectivity index (χ0n) is 17.0. The number of aryl methyl sites for hydroxylation is 2. The number of aromatic nitrogens is 5. The summed E-state index contributed by atoms with van der Waals surface area (Å²) < 4.78 is 4.03. The summed E-state index contributed by atoms with van der Waals surface area (Å²) in [7, 11) is 1.99. The number of hydrogen-bond acceptors (Lipinski definition) is 5. The van der Waals surface area contributed by atoms with Gasteiger partial charge in [-0.25, -0.2) is 15.0 Å². The lowest BCUT2D eigenvalue weighted by Crippen LogP contribution is -2.38. The summed E-state index contributed by atoms with van der Waals surface area (Å²) in [6, 6.07) is 9.98. The van der Waals surface area contributed by atoms with Crippen molar-refractivity contribution in [3.05, 3.63) is 59.8 Å². The maximum absolute atomic E-state index is 11.1. The molecule has 0 radical (unpaired) electrons. The number of hydrogen-bond donors (Lipinski definition) is 1. The van der Waals surface area contributed by atoms with Gasteiger partial charge in [0.1, 0.15) is 23.1 Å². The molecule has 1 unspecified atom stereocenters. The van der Waals surface area contributed by atoms with Crippen molar-refractivity contribution in [1.29, 1.82) is 0 Å². The van der Waals surface area contributed by atoms with E-state index in [9.17, 15) is 5.11 Å². The van der Waals surface area contributed by atoms with Crippen molar-refractivity contribution >= 4 is 28.5 Å². The van der Waals surface area contributed by atoms with Gasteiger partial charge in [-0.15, -0.1) is 0 Å². The molecule has 1 N–H and O–H groups in total. The Morgan fingerprint density at radius 2 is 2.07 bits per heavy atom. The largest absolute Gasteiger partial charge is 0.386 e. The van der Waals surface area contributed by atoms with Gasteiger partial charge in [0.25, 0.3) is 0 Å². The second-order valence-corrected chi connectivity index (χ2v) is 8.41. The normalized spacial score (nSPS) is 19.1. The van der Waals surface area contributed by atoms with E-state index >= 15 is 0 Å². The molecule has 1 saturated heterocycles. The summed E-state index contributed by atoms with van der Waals surface area (Å²) >= 11 is 6.51. The fourth-order valence-electron chi connectivity index (χ4n) is 4.23. The van der Waals surface area contributed by atoms with Crippen molar-refractivity contribution in [2.75, 3.05) is 18.0 Å². The third-order valence-corrected chi connectivity index (χ3v) is 6.21. The van der Waals surface area contributed by atoms with Crippen molar-refractivity contribution in [2.45, 2.75) is 25.5 Å².